The number of rotatable bonds is 12. The summed E-state index contributed by atoms with van der Waals surface area (Å²) < 4.78 is 1.42. The summed E-state index contributed by atoms with van der Waals surface area (Å²) in [6.45, 7) is 15.0. The van der Waals surface area contributed by atoms with Crippen LogP contribution in [-0.4, -0.2) is 30.7 Å². The van der Waals surface area contributed by atoms with Crippen molar-refractivity contribution in [2.24, 2.45) is 0 Å². The number of halogens is 1. The molecule has 0 N–H and O–H groups in total. The highest BCUT2D eigenvalue weighted by Crippen LogP contribution is 2.16. The van der Waals surface area contributed by atoms with Crippen LogP contribution in [0.25, 0.3) is 0 Å². The molecule has 0 spiro atoms. The number of hydrogen-bond acceptors (Lipinski definition) is 0. The van der Waals surface area contributed by atoms with Crippen molar-refractivity contribution in [1.82, 2.24) is 0 Å². The third kappa shape index (κ3) is 9.60. The summed E-state index contributed by atoms with van der Waals surface area (Å²) in [6, 6.07) is 0. The van der Waals surface area contributed by atoms with Crippen molar-refractivity contribution in [3.8, 4) is 0 Å². The van der Waals surface area contributed by atoms with Gasteiger partial charge in [-0.1, -0.05) is 53.4 Å². The van der Waals surface area contributed by atoms with Crippen LogP contribution >= 0.6 is 24.0 Å². The van der Waals surface area contributed by atoms with Crippen molar-refractivity contribution in [2.45, 2.75) is 79.1 Å². The number of unbranched alkanes of at least 4 members (excludes halogenated alkanes) is 4. The number of quaternary nitrogens is 1. The summed E-state index contributed by atoms with van der Waals surface area (Å²) in [5, 5.41) is 0. The minimum atomic E-state index is 0. The van der Waals surface area contributed by atoms with Gasteiger partial charge in [0.2, 0.25) is 0 Å². The zero-order chi connectivity index (χ0) is 13.0. The van der Waals surface area contributed by atoms with Crippen molar-refractivity contribution < 1.29 is 5.91 Å². The van der Waals surface area contributed by atoms with Crippen molar-refractivity contribution >= 4 is 24.0 Å². The molecule has 1 nitrogen and oxygen atoms in total. The van der Waals surface area contributed by atoms with Gasteiger partial charge < -0.3 is 4.48 Å². The Morgan fingerprint density at radius 2 is 0.778 bits per heavy atom. The van der Waals surface area contributed by atoms with Crippen LogP contribution in [0.1, 0.15) is 80.5 Å². The van der Waals surface area contributed by atoms with Gasteiger partial charge in [0.25, 0.3) is 0 Å². The van der Waals surface area contributed by atoms with E-state index in [0.717, 1.165) is 0 Å². The molecule has 0 unspecified atom stereocenters. The van der Waals surface area contributed by atoms with Crippen molar-refractivity contribution in [3.63, 3.8) is 0 Å². The molecule has 0 aliphatic carbocycles. The average Bonchev–Trinajstić information content (AvgIpc) is 2.37. The van der Waals surface area contributed by atoms with E-state index in [0.29, 0.717) is 0 Å². The van der Waals surface area contributed by atoms with Crippen LogP contribution in [0.5, 0.6) is 0 Å². The minimum absolute atomic E-state index is 0. The highest BCUT2D eigenvalue weighted by atomic mass is 127. The van der Waals surface area contributed by atoms with Gasteiger partial charge in [-0.05, 0) is 25.7 Å². The SMILES string of the molecule is CCCC[N+](CCCC)(CCCC)CCCC.I.[H+]. The van der Waals surface area contributed by atoms with Crippen LogP contribution in [0.4, 0.5) is 0 Å². The molecule has 112 valence electrons. The Labute approximate surface area is 135 Å². The molecule has 18 heavy (non-hydrogen) atoms. The quantitative estimate of drug-likeness (QED) is 0.303. The molecule has 0 aromatic carbocycles. The predicted molar refractivity (Wildman–Crippen MR) is 95.9 cm³/mol. The lowest BCUT2D eigenvalue weighted by atomic mass is 10.1. The maximum absolute atomic E-state index is 2.33. The third-order valence-electron chi connectivity index (χ3n) is 3.94. The van der Waals surface area contributed by atoms with Gasteiger partial charge in [0.15, 0.2) is 0 Å². The largest absolute Gasteiger partial charge is 1.00 e. The van der Waals surface area contributed by atoms with Crippen molar-refractivity contribution in [3.05, 3.63) is 0 Å². The Balaban J connectivity index is -0.00000128. The molecular weight excluding hydrogens is 333 g/mol. The van der Waals surface area contributed by atoms with E-state index in [1.165, 1.54) is 82.0 Å². The van der Waals surface area contributed by atoms with Gasteiger partial charge in [-0.25, -0.2) is 0 Å². The first-order valence-corrected chi connectivity index (χ1v) is 8.09. The maximum atomic E-state index is 2.33. The minimum Gasteiger partial charge on any atom is -0.324 e. The summed E-state index contributed by atoms with van der Waals surface area (Å²) in [7, 11) is 0. The standard InChI is InChI=1S/C16H36N.HI/c1-5-9-13-17(14-10-6-2,15-11-7-3)16-12-8-4;/h5-16H2,1-4H3;1H/q+1;/p+1. The molecule has 0 fully saturated rings. The Kier molecular flexibility index (Phi) is 16.5. The molecule has 0 aromatic rings. The van der Waals surface area contributed by atoms with E-state index in [-0.39, 0.29) is 25.4 Å². The molecule has 0 aliphatic heterocycles. The molecule has 0 atom stereocenters. The first-order valence-electron chi connectivity index (χ1n) is 8.09. The predicted octanol–water partition coefficient (Wildman–Crippen LogP) is 5.73. The lowest BCUT2D eigenvalue weighted by Gasteiger charge is -2.39. The molecule has 0 aromatic heterocycles. The molecule has 2 heteroatoms. The highest BCUT2D eigenvalue weighted by molar-refractivity contribution is 14.0. The lowest BCUT2D eigenvalue weighted by molar-refractivity contribution is -0.929. The van der Waals surface area contributed by atoms with E-state index in [9.17, 15) is 0 Å². The first-order chi connectivity index (χ1) is 8.24. The summed E-state index contributed by atoms with van der Waals surface area (Å²) in [5.74, 6) is 0. The molecule has 0 saturated heterocycles. The molecule has 0 bridgehead atoms. The third-order valence-corrected chi connectivity index (χ3v) is 3.94. The maximum Gasteiger partial charge on any atom is 1.00 e. The Hall–Kier alpha value is 0.690. The summed E-state index contributed by atoms with van der Waals surface area (Å²) in [4.78, 5) is 0. The second-order valence-corrected chi connectivity index (χ2v) is 5.65. The zero-order valence-electron chi connectivity index (χ0n) is 14.3. The van der Waals surface area contributed by atoms with Gasteiger partial charge in [-0.3, -0.25) is 0 Å². The van der Waals surface area contributed by atoms with Crippen LogP contribution in [0.3, 0.4) is 0 Å². The Bertz CT molecular complexity index is 127. The average molecular weight is 371 g/mol. The second kappa shape index (κ2) is 14.1. The van der Waals surface area contributed by atoms with E-state index in [1.807, 2.05) is 0 Å². The molecule has 0 rings (SSSR count). The zero-order valence-corrected chi connectivity index (χ0v) is 15.7. The monoisotopic (exact) mass is 371 g/mol. The van der Waals surface area contributed by atoms with Gasteiger partial charge in [0.1, 0.15) is 0 Å². The van der Waals surface area contributed by atoms with Crippen LogP contribution in [-0.2, 0) is 0 Å². The van der Waals surface area contributed by atoms with Gasteiger partial charge in [0, 0.05) is 0 Å². The summed E-state index contributed by atoms with van der Waals surface area (Å²) in [5.41, 5.74) is 0. The molecule has 0 heterocycles. The number of hydrogen-bond donors (Lipinski definition) is 0. The van der Waals surface area contributed by atoms with Crippen LogP contribution in [0.15, 0.2) is 0 Å². The molecule has 0 radical (unpaired) electrons. The van der Waals surface area contributed by atoms with Crippen LogP contribution in [0, 0.1) is 0 Å². The van der Waals surface area contributed by atoms with Gasteiger partial charge in [0.05, 0.1) is 26.2 Å². The van der Waals surface area contributed by atoms with Crippen LogP contribution < -0.4 is 0 Å². The molecular formula is C16H38IN+2. The van der Waals surface area contributed by atoms with Gasteiger partial charge in [-0.2, -0.15) is 0 Å². The van der Waals surface area contributed by atoms with Crippen molar-refractivity contribution in [2.75, 3.05) is 26.2 Å². The van der Waals surface area contributed by atoms with Crippen LogP contribution in [0.2, 0.25) is 0 Å². The fourth-order valence-corrected chi connectivity index (χ4v) is 2.64. The summed E-state index contributed by atoms with van der Waals surface area (Å²) in [6.07, 6.45) is 11.1. The lowest BCUT2D eigenvalue weighted by Crippen LogP contribution is -2.50. The highest BCUT2D eigenvalue weighted by Gasteiger charge is 2.24. The van der Waals surface area contributed by atoms with E-state index in [2.05, 4.69) is 27.7 Å². The first kappa shape index (κ1) is 21.0. The van der Waals surface area contributed by atoms with E-state index < -0.39 is 0 Å². The Morgan fingerprint density at radius 3 is 0.944 bits per heavy atom. The molecule has 0 saturated carbocycles. The summed E-state index contributed by atoms with van der Waals surface area (Å²) >= 11 is 0. The number of nitrogens with zero attached hydrogens (tertiary/aromatic N) is 1. The molecule has 0 amide bonds. The smallest absolute Gasteiger partial charge is 0.324 e. The normalized spacial score (nSPS) is 11.3. The van der Waals surface area contributed by atoms with Crippen molar-refractivity contribution in [1.29, 1.82) is 0 Å². The molecule has 0 aliphatic rings. The van der Waals surface area contributed by atoms with Gasteiger partial charge >= 0.3 is 1.43 Å². The van der Waals surface area contributed by atoms with E-state index >= 15 is 0 Å². The topological polar surface area (TPSA) is 0 Å². The fourth-order valence-electron chi connectivity index (χ4n) is 2.64. The fraction of sp³-hybridized carbons (Fsp3) is 1.00. The Morgan fingerprint density at radius 1 is 0.556 bits per heavy atom. The van der Waals surface area contributed by atoms with E-state index in [4.69, 9.17) is 0 Å². The van der Waals surface area contributed by atoms with E-state index in [1.54, 1.807) is 0 Å². The second-order valence-electron chi connectivity index (χ2n) is 5.65. The van der Waals surface area contributed by atoms with Gasteiger partial charge in [-0.15, -0.1) is 24.0 Å².